The predicted octanol–water partition coefficient (Wildman–Crippen LogP) is 0.970. The summed E-state index contributed by atoms with van der Waals surface area (Å²) >= 11 is 1.40. The van der Waals surface area contributed by atoms with Gasteiger partial charge in [-0.1, -0.05) is 0 Å². The van der Waals surface area contributed by atoms with Crippen LogP contribution in [0.25, 0.3) is 0 Å². The maximum absolute atomic E-state index is 12.3. The van der Waals surface area contributed by atoms with Crippen molar-refractivity contribution in [2.24, 2.45) is 5.73 Å². The summed E-state index contributed by atoms with van der Waals surface area (Å²) in [5, 5.41) is 11.3. The molecular formula is C12H19N3O3S. The van der Waals surface area contributed by atoms with E-state index >= 15 is 0 Å². The zero-order valence-electron chi connectivity index (χ0n) is 11.1. The highest BCUT2D eigenvalue weighted by Gasteiger charge is 2.23. The van der Waals surface area contributed by atoms with Crippen molar-refractivity contribution >= 4 is 23.2 Å². The third-order valence-corrected chi connectivity index (χ3v) is 3.64. The second-order valence-electron chi connectivity index (χ2n) is 4.20. The fourth-order valence-electron chi connectivity index (χ4n) is 1.81. The first kappa shape index (κ1) is 15.6. The highest BCUT2D eigenvalue weighted by Crippen LogP contribution is 2.14. The fraction of sp³-hybridized carbons (Fsp3) is 0.583. The van der Waals surface area contributed by atoms with E-state index in [1.807, 2.05) is 6.92 Å². The van der Waals surface area contributed by atoms with Gasteiger partial charge in [0.1, 0.15) is 5.69 Å². The molecule has 0 aliphatic rings. The van der Waals surface area contributed by atoms with Gasteiger partial charge in [0.05, 0.1) is 11.4 Å². The summed E-state index contributed by atoms with van der Waals surface area (Å²) in [7, 11) is 0. The molecule has 0 saturated heterocycles. The van der Waals surface area contributed by atoms with Gasteiger partial charge in [-0.3, -0.25) is 9.59 Å². The van der Waals surface area contributed by atoms with Crippen LogP contribution in [0.1, 0.15) is 35.8 Å². The van der Waals surface area contributed by atoms with Crippen LogP contribution in [0.2, 0.25) is 0 Å². The van der Waals surface area contributed by atoms with Crippen molar-refractivity contribution in [3.63, 3.8) is 0 Å². The molecule has 0 bridgehead atoms. The minimum atomic E-state index is -0.916. The minimum absolute atomic E-state index is 0.0701. The van der Waals surface area contributed by atoms with Gasteiger partial charge in [0.15, 0.2) is 0 Å². The number of hydrogen-bond acceptors (Lipinski definition) is 5. The monoisotopic (exact) mass is 285 g/mol. The van der Waals surface area contributed by atoms with Gasteiger partial charge in [-0.25, -0.2) is 4.98 Å². The number of nitrogens with zero attached hydrogens (tertiary/aromatic N) is 2. The number of carbonyl (C=O) groups is 2. The summed E-state index contributed by atoms with van der Waals surface area (Å²) in [4.78, 5) is 28.7. The molecule has 7 heteroatoms. The molecule has 1 heterocycles. The Bertz CT molecular complexity index is 447. The molecule has 0 aliphatic heterocycles. The number of carboxylic acids is 1. The zero-order valence-corrected chi connectivity index (χ0v) is 11.9. The number of nitrogens with two attached hydrogens (primary N) is 1. The Balaban J connectivity index is 2.79. The summed E-state index contributed by atoms with van der Waals surface area (Å²) in [5.74, 6) is -1.14. The van der Waals surface area contributed by atoms with Crippen molar-refractivity contribution in [1.82, 2.24) is 9.88 Å². The molecule has 19 heavy (non-hydrogen) atoms. The third-order valence-electron chi connectivity index (χ3n) is 2.73. The van der Waals surface area contributed by atoms with Crippen LogP contribution in [-0.2, 0) is 11.2 Å². The summed E-state index contributed by atoms with van der Waals surface area (Å²) < 4.78 is 0. The van der Waals surface area contributed by atoms with E-state index in [9.17, 15) is 9.59 Å². The van der Waals surface area contributed by atoms with Gasteiger partial charge in [-0.05, 0) is 20.4 Å². The lowest BCUT2D eigenvalue weighted by Gasteiger charge is -2.26. The highest BCUT2D eigenvalue weighted by molar-refractivity contribution is 7.09. The van der Waals surface area contributed by atoms with Crippen LogP contribution >= 0.6 is 11.3 Å². The van der Waals surface area contributed by atoms with Gasteiger partial charge in [0.2, 0.25) is 0 Å². The topological polar surface area (TPSA) is 96.5 Å². The number of carbonyl (C=O) groups excluding carboxylic acids is 1. The van der Waals surface area contributed by atoms with Gasteiger partial charge in [-0.2, -0.15) is 0 Å². The van der Waals surface area contributed by atoms with Crippen LogP contribution < -0.4 is 5.73 Å². The average molecular weight is 285 g/mol. The van der Waals surface area contributed by atoms with Crippen molar-refractivity contribution in [3.8, 4) is 0 Å². The molecule has 1 amide bonds. The Morgan fingerprint density at radius 1 is 1.58 bits per heavy atom. The van der Waals surface area contributed by atoms with Crippen molar-refractivity contribution < 1.29 is 14.7 Å². The van der Waals surface area contributed by atoms with E-state index in [2.05, 4.69) is 4.98 Å². The number of amides is 1. The average Bonchev–Trinajstić information content (AvgIpc) is 2.78. The van der Waals surface area contributed by atoms with Crippen LogP contribution in [-0.4, -0.2) is 46.0 Å². The van der Waals surface area contributed by atoms with Gasteiger partial charge < -0.3 is 15.7 Å². The number of carboxylic acid groups (broad SMARTS) is 1. The van der Waals surface area contributed by atoms with Gasteiger partial charge in [-0.15, -0.1) is 11.3 Å². The van der Waals surface area contributed by atoms with E-state index < -0.39 is 5.97 Å². The molecule has 1 aromatic heterocycles. The summed E-state index contributed by atoms with van der Waals surface area (Å²) in [6, 6.07) is -0.352. The Hall–Kier alpha value is -1.47. The van der Waals surface area contributed by atoms with E-state index in [0.29, 0.717) is 25.2 Å². The van der Waals surface area contributed by atoms with Crippen molar-refractivity contribution in [2.45, 2.75) is 32.7 Å². The number of hydrogen-bond donors (Lipinski definition) is 2. The van der Waals surface area contributed by atoms with Gasteiger partial charge >= 0.3 is 5.97 Å². The minimum Gasteiger partial charge on any atom is -0.481 e. The van der Waals surface area contributed by atoms with E-state index in [4.69, 9.17) is 10.8 Å². The smallest absolute Gasteiger partial charge is 0.305 e. The summed E-state index contributed by atoms with van der Waals surface area (Å²) in [6.07, 6.45) is 0.578. The van der Waals surface area contributed by atoms with Gasteiger partial charge in [0, 0.05) is 24.4 Å². The van der Waals surface area contributed by atoms with E-state index in [1.165, 1.54) is 16.2 Å². The normalized spacial score (nSPS) is 12.2. The molecule has 0 aliphatic carbocycles. The molecule has 6 nitrogen and oxygen atoms in total. The van der Waals surface area contributed by atoms with Crippen molar-refractivity contribution in [3.05, 3.63) is 16.1 Å². The molecule has 1 atom stereocenters. The standard InChI is InChI=1S/C12H19N3O3S/c1-3-15(8(2)6-11(16)17)12(18)9-7-19-10(14-9)4-5-13/h7-8H,3-6,13H2,1-2H3,(H,16,17). The molecule has 0 radical (unpaired) electrons. The Kier molecular flexibility index (Phi) is 5.91. The van der Waals surface area contributed by atoms with E-state index in [0.717, 1.165) is 5.01 Å². The lowest BCUT2D eigenvalue weighted by atomic mass is 10.2. The van der Waals surface area contributed by atoms with Gasteiger partial charge in [0.25, 0.3) is 5.91 Å². The zero-order chi connectivity index (χ0) is 14.4. The number of thiazole rings is 1. The maximum atomic E-state index is 12.3. The van der Waals surface area contributed by atoms with Crippen LogP contribution in [0.4, 0.5) is 0 Å². The fourth-order valence-corrected chi connectivity index (χ4v) is 2.60. The molecule has 1 rings (SSSR count). The Morgan fingerprint density at radius 2 is 2.26 bits per heavy atom. The second-order valence-corrected chi connectivity index (χ2v) is 5.15. The molecule has 1 unspecified atom stereocenters. The number of aliphatic carboxylic acids is 1. The Labute approximate surface area is 116 Å². The maximum Gasteiger partial charge on any atom is 0.305 e. The first-order valence-electron chi connectivity index (χ1n) is 6.16. The van der Waals surface area contributed by atoms with Crippen LogP contribution in [0, 0.1) is 0 Å². The van der Waals surface area contributed by atoms with Crippen LogP contribution in [0.3, 0.4) is 0 Å². The lowest BCUT2D eigenvalue weighted by Crippen LogP contribution is -2.39. The molecule has 0 saturated carbocycles. The Morgan fingerprint density at radius 3 is 2.79 bits per heavy atom. The van der Waals surface area contributed by atoms with E-state index in [-0.39, 0.29) is 18.4 Å². The van der Waals surface area contributed by atoms with Crippen LogP contribution in [0.5, 0.6) is 0 Å². The largest absolute Gasteiger partial charge is 0.481 e. The molecule has 0 spiro atoms. The highest BCUT2D eigenvalue weighted by atomic mass is 32.1. The first-order chi connectivity index (χ1) is 8.99. The molecule has 3 N–H and O–H groups in total. The van der Waals surface area contributed by atoms with Crippen LogP contribution in [0.15, 0.2) is 5.38 Å². The lowest BCUT2D eigenvalue weighted by molar-refractivity contribution is -0.138. The first-order valence-corrected chi connectivity index (χ1v) is 7.04. The SMILES string of the molecule is CCN(C(=O)c1csc(CCN)n1)C(C)CC(=O)O. The van der Waals surface area contributed by atoms with Crippen molar-refractivity contribution in [1.29, 1.82) is 0 Å². The molecular weight excluding hydrogens is 266 g/mol. The summed E-state index contributed by atoms with van der Waals surface area (Å²) in [5.41, 5.74) is 5.81. The number of aromatic nitrogens is 1. The molecule has 0 fully saturated rings. The molecule has 0 aromatic carbocycles. The number of rotatable bonds is 7. The summed E-state index contributed by atoms with van der Waals surface area (Å²) in [6.45, 7) is 4.50. The molecule has 106 valence electrons. The van der Waals surface area contributed by atoms with E-state index in [1.54, 1.807) is 12.3 Å². The van der Waals surface area contributed by atoms with Crippen molar-refractivity contribution in [2.75, 3.05) is 13.1 Å². The molecule has 1 aromatic rings. The third kappa shape index (κ3) is 4.29. The quantitative estimate of drug-likeness (QED) is 0.778. The second kappa shape index (κ2) is 7.20. The predicted molar refractivity (Wildman–Crippen MR) is 73.3 cm³/mol.